The van der Waals surface area contributed by atoms with Crippen molar-refractivity contribution in [3.63, 3.8) is 0 Å². The van der Waals surface area contributed by atoms with E-state index in [0.717, 1.165) is 4.90 Å². The molecule has 4 atom stereocenters. The van der Waals surface area contributed by atoms with Gasteiger partial charge in [0, 0.05) is 17.2 Å². The maximum atomic E-state index is 14.9. The van der Waals surface area contributed by atoms with Crippen LogP contribution in [-0.2, 0) is 19.1 Å². The third-order valence-electron chi connectivity index (χ3n) is 6.69. The lowest BCUT2D eigenvalue weighted by Crippen LogP contribution is -2.56. The highest BCUT2D eigenvalue weighted by atomic mass is 19.1. The first-order valence-corrected chi connectivity index (χ1v) is 11.4. The second kappa shape index (κ2) is 9.10. The molecule has 0 radical (unpaired) electrons. The zero-order valence-corrected chi connectivity index (χ0v) is 19.3. The van der Waals surface area contributed by atoms with Crippen LogP contribution < -0.4 is 10.2 Å². The standard InChI is InChI=1S/C26H27FN2O5/c1-4-13-26(25(33)34-5-2)21-20(22(28-26)18-11-6-7-12-19(18)27)23(31)29(24(21)32)17-10-8-9-16(14-17)15(3)30/h6-12,14,20-22,28H,4-5,13H2,1-3H3/t20-,21-,22-,26+/m1/s1. The van der Waals surface area contributed by atoms with Crippen LogP contribution in [-0.4, -0.2) is 35.7 Å². The molecule has 2 aromatic rings. The number of benzene rings is 2. The van der Waals surface area contributed by atoms with Crippen molar-refractivity contribution in [2.45, 2.75) is 45.2 Å². The summed E-state index contributed by atoms with van der Waals surface area (Å²) in [6.07, 6.45) is 0.763. The van der Waals surface area contributed by atoms with E-state index in [9.17, 15) is 23.6 Å². The SMILES string of the molecule is CCC[C@]1(C(=O)OCC)N[C@H](c2ccccc2F)[C@@H]2C(=O)N(c3cccc(C(C)=O)c3)C(=O)[C@@H]21. The average molecular weight is 467 g/mol. The molecule has 0 bridgehead atoms. The predicted molar refractivity (Wildman–Crippen MR) is 122 cm³/mol. The van der Waals surface area contributed by atoms with Gasteiger partial charge < -0.3 is 4.74 Å². The lowest BCUT2D eigenvalue weighted by Gasteiger charge is -2.32. The van der Waals surface area contributed by atoms with Crippen LogP contribution in [0.5, 0.6) is 0 Å². The van der Waals surface area contributed by atoms with Crippen LogP contribution in [0.25, 0.3) is 0 Å². The van der Waals surface area contributed by atoms with E-state index in [1.165, 1.54) is 25.1 Å². The van der Waals surface area contributed by atoms with Gasteiger partial charge in [-0.05, 0) is 38.5 Å². The number of halogens is 1. The molecule has 0 spiro atoms. The molecule has 0 saturated carbocycles. The van der Waals surface area contributed by atoms with Gasteiger partial charge in [0.1, 0.15) is 11.4 Å². The fraction of sp³-hybridized carbons (Fsp3) is 0.385. The van der Waals surface area contributed by atoms with Crippen LogP contribution in [0.4, 0.5) is 10.1 Å². The van der Waals surface area contributed by atoms with Crippen molar-refractivity contribution in [2.75, 3.05) is 11.5 Å². The Hall–Kier alpha value is -3.39. The van der Waals surface area contributed by atoms with Crippen molar-refractivity contribution in [1.29, 1.82) is 0 Å². The van der Waals surface area contributed by atoms with E-state index in [-0.39, 0.29) is 30.1 Å². The molecule has 0 aliphatic carbocycles. The van der Waals surface area contributed by atoms with Crippen LogP contribution in [0.15, 0.2) is 48.5 Å². The lowest BCUT2D eigenvalue weighted by molar-refractivity contribution is -0.155. The summed E-state index contributed by atoms with van der Waals surface area (Å²) in [5.74, 6) is -4.58. The number of anilines is 1. The van der Waals surface area contributed by atoms with Crippen molar-refractivity contribution >= 4 is 29.3 Å². The van der Waals surface area contributed by atoms with Crippen LogP contribution in [0.3, 0.4) is 0 Å². The first-order valence-electron chi connectivity index (χ1n) is 11.4. The molecular weight excluding hydrogens is 439 g/mol. The van der Waals surface area contributed by atoms with E-state index < -0.39 is 47.0 Å². The van der Waals surface area contributed by atoms with Crippen LogP contribution in [0, 0.1) is 17.7 Å². The van der Waals surface area contributed by atoms with Gasteiger partial charge >= 0.3 is 5.97 Å². The van der Waals surface area contributed by atoms with Gasteiger partial charge in [0.25, 0.3) is 0 Å². The van der Waals surface area contributed by atoms with Gasteiger partial charge in [-0.1, -0.05) is 43.7 Å². The van der Waals surface area contributed by atoms with E-state index in [1.807, 2.05) is 6.92 Å². The summed E-state index contributed by atoms with van der Waals surface area (Å²) in [7, 11) is 0. The summed E-state index contributed by atoms with van der Waals surface area (Å²) < 4.78 is 20.2. The lowest BCUT2D eigenvalue weighted by atomic mass is 9.77. The zero-order chi connectivity index (χ0) is 24.6. The molecule has 4 rings (SSSR count). The second-order valence-electron chi connectivity index (χ2n) is 8.71. The average Bonchev–Trinajstić information content (AvgIpc) is 3.29. The van der Waals surface area contributed by atoms with Crippen molar-refractivity contribution in [1.82, 2.24) is 5.32 Å². The van der Waals surface area contributed by atoms with Gasteiger partial charge in [-0.25, -0.2) is 9.29 Å². The molecule has 8 heteroatoms. The van der Waals surface area contributed by atoms with E-state index in [1.54, 1.807) is 37.3 Å². The molecule has 178 valence electrons. The van der Waals surface area contributed by atoms with Gasteiger partial charge in [0.2, 0.25) is 11.8 Å². The molecule has 2 fully saturated rings. The number of hydrogen-bond acceptors (Lipinski definition) is 6. The maximum absolute atomic E-state index is 14.9. The fourth-order valence-corrected chi connectivity index (χ4v) is 5.29. The molecule has 2 aliphatic heterocycles. The maximum Gasteiger partial charge on any atom is 0.327 e. The van der Waals surface area contributed by atoms with Crippen molar-refractivity contribution in [3.05, 3.63) is 65.5 Å². The topological polar surface area (TPSA) is 92.8 Å². The molecule has 0 unspecified atom stereocenters. The molecule has 2 amide bonds. The number of hydrogen-bond donors (Lipinski definition) is 1. The number of ether oxygens (including phenoxy) is 1. The summed E-state index contributed by atoms with van der Waals surface area (Å²) in [6, 6.07) is 11.4. The van der Waals surface area contributed by atoms with Gasteiger partial charge in [0.05, 0.1) is 24.1 Å². The largest absolute Gasteiger partial charge is 0.465 e. The molecule has 2 saturated heterocycles. The zero-order valence-electron chi connectivity index (χ0n) is 19.3. The Morgan fingerprint density at radius 3 is 2.47 bits per heavy atom. The summed E-state index contributed by atoms with van der Waals surface area (Å²) in [5, 5.41) is 3.17. The first kappa shape index (κ1) is 23.8. The van der Waals surface area contributed by atoms with E-state index >= 15 is 0 Å². The second-order valence-corrected chi connectivity index (χ2v) is 8.71. The number of esters is 1. The van der Waals surface area contributed by atoms with Gasteiger partial charge in [0.15, 0.2) is 5.78 Å². The number of amides is 2. The normalized spacial score (nSPS) is 26.0. The molecule has 2 heterocycles. The minimum absolute atomic E-state index is 0.0975. The summed E-state index contributed by atoms with van der Waals surface area (Å²) in [6.45, 7) is 5.02. The Bertz CT molecular complexity index is 1170. The number of fused-ring (bicyclic) bond motifs is 1. The highest BCUT2D eigenvalue weighted by Gasteiger charge is 2.68. The number of nitrogens with one attached hydrogen (secondary N) is 1. The van der Waals surface area contributed by atoms with E-state index in [2.05, 4.69) is 5.32 Å². The number of carbonyl (C=O) groups is 4. The molecule has 2 aliphatic rings. The number of rotatable bonds is 7. The molecule has 1 N–H and O–H groups in total. The smallest absolute Gasteiger partial charge is 0.327 e. The van der Waals surface area contributed by atoms with Crippen molar-refractivity contribution < 1.29 is 28.3 Å². The fourth-order valence-electron chi connectivity index (χ4n) is 5.29. The summed E-state index contributed by atoms with van der Waals surface area (Å²) in [5.41, 5.74) is -0.676. The summed E-state index contributed by atoms with van der Waals surface area (Å²) in [4.78, 5) is 53.8. The number of nitrogens with zero attached hydrogens (tertiary/aromatic N) is 1. The van der Waals surface area contributed by atoms with Crippen molar-refractivity contribution in [2.24, 2.45) is 11.8 Å². The Morgan fingerprint density at radius 2 is 1.82 bits per heavy atom. The summed E-state index contributed by atoms with van der Waals surface area (Å²) >= 11 is 0. The monoisotopic (exact) mass is 466 g/mol. The van der Waals surface area contributed by atoms with Gasteiger partial charge in [-0.15, -0.1) is 0 Å². The highest BCUT2D eigenvalue weighted by Crippen LogP contribution is 2.52. The minimum Gasteiger partial charge on any atom is -0.465 e. The first-order chi connectivity index (χ1) is 16.3. The Kier molecular flexibility index (Phi) is 6.36. The van der Waals surface area contributed by atoms with Crippen molar-refractivity contribution in [3.8, 4) is 0 Å². The van der Waals surface area contributed by atoms with E-state index in [4.69, 9.17) is 4.74 Å². The third kappa shape index (κ3) is 3.62. The van der Waals surface area contributed by atoms with Crippen LogP contribution >= 0.6 is 0 Å². The Balaban J connectivity index is 1.88. The molecule has 34 heavy (non-hydrogen) atoms. The van der Waals surface area contributed by atoms with Crippen LogP contribution in [0.2, 0.25) is 0 Å². The molecule has 0 aromatic heterocycles. The molecular formula is C26H27FN2O5. The minimum atomic E-state index is -1.48. The highest BCUT2D eigenvalue weighted by molar-refractivity contribution is 6.24. The number of carbonyl (C=O) groups excluding carboxylic acids is 4. The van der Waals surface area contributed by atoms with E-state index in [0.29, 0.717) is 12.0 Å². The third-order valence-corrected chi connectivity index (χ3v) is 6.69. The Labute approximate surface area is 197 Å². The number of imide groups is 1. The predicted octanol–water partition coefficient (Wildman–Crippen LogP) is 3.58. The van der Waals surface area contributed by atoms with Gasteiger partial charge in [-0.3, -0.25) is 24.5 Å². The molecule has 2 aromatic carbocycles. The number of ketones is 1. The molecule has 7 nitrogen and oxygen atoms in total. The Morgan fingerprint density at radius 1 is 1.09 bits per heavy atom. The van der Waals surface area contributed by atoms with Crippen LogP contribution in [0.1, 0.15) is 55.6 Å². The van der Waals surface area contributed by atoms with Gasteiger partial charge in [-0.2, -0.15) is 0 Å². The number of Topliss-reactive ketones (excluding diaryl/α,β-unsaturated/α-hetero) is 1. The quantitative estimate of drug-likeness (QED) is 0.381.